The van der Waals surface area contributed by atoms with Gasteiger partial charge in [0.1, 0.15) is 11.9 Å². The molecule has 1 unspecified atom stereocenters. The fourth-order valence-electron chi connectivity index (χ4n) is 2.93. The predicted octanol–water partition coefficient (Wildman–Crippen LogP) is 5.11. The minimum Gasteiger partial charge on any atom is -0.488 e. The summed E-state index contributed by atoms with van der Waals surface area (Å²) in [5.74, 6) is 1.01. The van der Waals surface area contributed by atoms with E-state index in [0.29, 0.717) is 0 Å². The van der Waals surface area contributed by atoms with Crippen LogP contribution in [-0.4, -0.2) is 12.6 Å². The van der Waals surface area contributed by atoms with Gasteiger partial charge in [-0.05, 0) is 63.8 Å². The van der Waals surface area contributed by atoms with E-state index in [-0.39, 0.29) is 6.10 Å². The summed E-state index contributed by atoms with van der Waals surface area (Å²) in [7, 11) is 0. The van der Waals surface area contributed by atoms with Crippen LogP contribution >= 0.6 is 0 Å². The Morgan fingerprint density at radius 3 is 2.00 bits per heavy atom. The SMILES string of the molecule is Cc1cc(C)c(NCC(C)Oc2c(C)cccc2C)c(C)c1. The molecule has 0 aliphatic rings. The zero-order valence-corrected chi connectivity index (χ0v) is 14.6. The van der Waals surface area contributed by atoms with E-state index < -0.39 is 0 Å². The molecule has 1 atom stereocenters. The van der Waals surface area contributed by atoms with Gasteiger partial charge in [-0.1, -0.05) is 35.9 Å². The van der Waals surface area contributed by atoms with Crippen LogP contribution in [0.5, 0.6) is 5.75 Å². The van der Waals surface area contributed by atoms with Gasteiger partial charge in [-0.25, -0.2) is 0 Å². The third kappa shape index (κ3) is 3.82. The molecule has 0 saturated carbocycles. The molecular formula is C20H27NO. The molecule has 2 heteroatoms. The molecule has 0 aromatic heterocycles. The van der Waals surface area contributed by atoms with Crippen molar-refractivity contribution in [3.63, 3.8) is 0 Å². The highest BCUT2D eigenvalue weighted by molar-refractivity contribution is 5.58. The van der Waals surface area contributed by atoms with Gasteiger partial charge >= 0.3 is 0 Å². The van der Waals surface area contributed by atoms with Crippen LogP contribution in [0.15, 0.2) is 30.3 Å². The summed E-state index contributed by atoms with van der Waals surface area (Å²) in [4.78, 5) is 0. The van der Waals surface area contributed by atoms with Crippen molar-refractivity contribution < 1.29 is 4.74 Å². The van der Waals surface area contributed by atoms with Crippen LogP contribution in [-0.2, 0) is 0 Å². The zero-order chi connectivity index (χ0) is 16.3. The number of para-hydroxylation sites is 1. The fraction of sp³-hybridized carbons (Fsp3) is 0.400. The van der Waals surface area contributed by atoms with Crippen molar-refractivity contribution in [3.8, 4) is 5.75 Å². The highest BCUT2D eigenvalue weighted by Crippen LogP contribution is 2.25. The lowest BCUT2D eigenvalue weighted by molar-refractivity contribution is 0.231. The molecule has 2 aromatic rings. The van der Waals surface area contributed by atoms with E-state index in [1.807, 2.05) is 0 Å². The molecule has 0 fully saturated rings. The molecule has 0 aliphatic carbocycles. The Kier molecular flexibility index (Phi) is 5.12. The number of benzene rings is 2. The van der Waals surface area contributed by atoms with Gasteiger partial charge in [0.25, 0.3) is 0 Å². The molecule has 1 N–H and O–H groups in total. The fourth-order valence-corrected chi connectivity index (χ4v) is 2.93. The zero-order valence-electron chi connectivity index (χ0n) is 14.6. The molecule has 0 heterocycles. The van der Waals surface area contributed by atoms with Gasteiger partial charge in [-0.2, -0.15) is 0 Å². The average Bonchev–Trinajstić information content (AvgIpc) is 2.42. The maximum absolute atomic E-state index is 6.14. The first kappa shape index (κ1) is 16.4. The molecule has 0 aliphatic heterocycles. The van der Waals surface area contributed by atoms with E-state index in [9.17, 15) is 0 Å². The van der Waals surface area contributed by atoms with Gasteiger partial charge in [0.15, 0.2) is 0 Å². The molecule has 2 rings (SSSR count). The highest BCUT2D eigenvalue weighted by Gasteiger charge is 2.10. The maximum atomic E-state index is 6.14. The summed E-state index contributed by atoms with van der Waals surface area (Å²) in [6.45, 7) is 13.5. The van der Waals surface area contributed by atoms with Crippen LogP contribution in [0.3, 0.4) is 0 Å². The average molecular weight is 297 g/mol. The maximum Gasteiger partial charge on any atom is 0.125 e. The van der Waals surface area contributed by atoms with Crippen LogP contribution in [0.4, 0.5) is 5.69 Å². The lowest BCUT2D eigenvalue weighted by Gasteiger charge is -2.21. The Morgan fingerprint density at radius 2 is 1.45 bits per heavy atom. The van der Waals surface area contributed by atoms with E-state index in [1.54, 1.807) is 0 Å². The van der Waals surface area contributed by atoms with E-state index in [4.69, 9.17) is 4.74 Å². The molecule has 2 aromatic carbocycles. The first-order chi connectivity index (χ1) is 10.4. The number of anilines is 1. The van der Waals surface area contributed by atoms with E-state index >= 15 is 0 Å². The van der Waals surface area contributed by atoms with Crippen LogP contribution in [0.2, 0.25) is 0 Å². The van der Waals surface area contributed by atoms with Gasteiger partial charge < -0.3 is 10.1 Å². The van der Waals surface area contributed by atoms with Crippen molar-refractivity contribution in [1.29, 1.82) is 0 Å². The van der Waals surface area contributed by atoms with Crippen molar-refractivity contribution >= 4 is 5.69 Å². The Balaban J connectivity index is 2.03. The first-order valence-electron chi connectivity index (χ1n) is 7.93. The van der Waals surface area contributed by atoms with Gasteiger partial charge in [0, 0.05) is 5.69 Å². The summed E-state index contributed by atoms with van der Waals surface area (Å²) in [5.41, 5.74) is 7.49. The van der Waals surface area contributed by atoms with Gasteiger partial charge in [0.05, 0.1) is 6.54 Å². The number of ether oxygens (including phenoxy) is 1. The van der Waals surface area contributed by atoms with Crippen molar-refractivity contribution in [2.45, 2.75) is 47.6 Å². The molecule has 0 bridgehead atoms. The van der Waals surface area contributed by atoms with Crippen LogP contribution < -0.4 is 10.1 Å². The molecule has 0 amide bonds. The third-order valence-corrected chi connectivity index (χ3v) is 3.97. The summed E-state index contributed by atoms with van der Waals surface area (Å²) >= 11 is 0. The Morgan fingerprint density at radius 1 is 0.909 bits per heavy atom. The summed E-state index contributed by atoms with van der Waals surface area (Å²) in [6, 6.07) is 10.7. The standard InChI is InChI=1S/C20H27NO/c1-13-10-16(4)19(17(5)11-13)21-12-18(6)22-20-14(2)8-7-9-15(20)3/h7-11,18,21H,12H2,1-6H3. The first-order valence-corrected chi connectivity index (χ1v) is 7.93. The minimum absolute atomic E-state index is 0.111. The molecule has 0 radical (unpaired) electrons. The summed E-state index contributed by atoms with van der Waals surface area (Å²) in [5, 5.41) is 3.54. The Hall–Kier alpha value is -1.96. The van der Waals surface area contributed by atoms with E-state index in [2.05, 4.69) is 77.2 Å². The number of hydrogen-bond acceptors (Lipinski definition) is 2. The van der Waals surface area contributed by atoms with Crippen molar-refractivity contribution in [3.05, 3.63) is 58.1 Å². The monoisotopic (exact) mass is 297 g/mol. The minimum atomic E-state index is 0.111. The van der Waals surface area contributed by atoms with Gasteiger partial charge in [-0.15, -0.1) is 0 Å². The van der Waals surface area contributed by atoms with Crippen LogP contribution in [0, 0.1) is 34.6 Å². The molecule has 118 valence electrons. The summed E-state index contributed by atoms with van der Waals surface area (Å²) in [6.07, 6.45) is 0.111. The van der Waals surface area contributed by atoms with E-state index in [0.717, 1.165) is 12.3 Å². The highest BCUT2D eigenvalue weighted by atomic mass is 16.5. The smallest absolute Gasteiger partial charge is 0.125 e. The molecule has 0 saturated heterocycles. The lowest BCUT2D eigenvalue weighted by Crippen LogP contribution is -2.24. The van der Waals surface area contributed by atoms with Crippen LogP contribution in [0.1, 0.15) is 34.7 Å². The number of aryl methyl sites for hydroxylation is 5. The predicted molar refractivity (Wildman–Crippen MR) is 95.1 cm³/mol. The lowest BCUT2D eigenvalue weighted by atomic mass is 10.1. The topological polar surface area (TPSA) is 21.3 Å². The number of nitrogens with one attached hydrogen (secondary N) is 1. The second-order valence-electron chi connectivity index (χ2n) is 6.30. The van der Waals surface area contributed by atoms with E-state index in [1.165, 1.54) is 33.5 Å². The van der Waals surface area contributed by atoms with Gasteiger partial charge in [0.2, 0.25) is 0 Å². The second kappa shape index (κ2) is 6.87. The van der Waals surface area contributed by atoms with Crippen molar-refractivity contribution in [1.82, 2.24) is 0 Å². The summed E-state index contributed by atoms with van der Waals surface area (Å²) < 4.78 is 6.14. The van der Waals surface area contributed by atoms with Crippen molar-refractivity contribution in [2.24, 2.45) is 0 Å². The number of hydrogen-bond donors (Lipinski definition) is 1. The van der Waals surface area contributed by atoms with Crippen LogP contribution in [0.25, 0.3) is 0 Å². The third-order valence-electron chi connectivity index (χ3n) is 3.97. The molecule has 0 spiro atoms. The Bertz CT molecular complexity index is 617. The van der Waals surface area contributed by atoms with Crippen molar-refractivity contribution in [2.75, 3.05) is 11.9 Å². The second-order valence-corrected chi connectivity index (χ2v) is 6.30. The molecule has 22 heavy (non-hydrogen) atoms. The molecular weight excluding hydrogens is 270 g/mol. The molecule has 2 nitrogen and oxygen atoms in total. The quantitative estimate of drug-likeness (QED) is 0.828. The Labute approximate surface area is 134 Å². The van der Waals surface area contributed by atoms with Gasteiger partial charge in [-0.3, -0.25) is 0 Å². The number of rotatable bonds is 5. The largest absolute Gasteiger partial charge is 0.488 e. The normalized spacial score (nSPS) is 12.1.